The molecule has 0 nitrogen and oxygen atoms in total. The van der Waals surface area contributed by atoms with Crippen molar-refractivity contribution in [2.45, 2.75) is 20.3 Å². The lowest BCUT2D eigenvalue weighted by Crippen LogP contribution is -2.02. The van der Waals surface area contributed by atoms with Crippen LogP contribution in [0, 0.1) is 18.4 Å². The molecule has 9 heavy (non-hydrogen) atoms. The van der Waals surface area contributed by atoms with Crippen LogP contribution in [0.2, 0.25) is 0 Å². The predicted molar refractivity (Wildman–Crippen MR) is 42.0 cm³/mol. The molecular weight excluding hydrogens is 108 g/mol. The zero-order chi connectivity index (χ0) is 7.28. The maximum atomic E-state index is 5.39. The van der Waals surface area contributed by atoms with Gasteiger partial charge in [0.15, 0.2) is 0 Å². The minimum absolute atomic E-state index is 0.502. The first kappa shape index (κ1) is 8.48. The zero-order valence-corrected chi connectivity index (χ0v) is 6.30. The number of rotatable bonds is 4. The fourth-order valence-electron chi connectivity index (χ4n) is 0.765. The van der Waals surface area contributed by atoms with E-state index in [2.05, 4.69) is 20.4 Å². The Bertz CT molecular complexity index is 90.2. The molecule has 0 aliphatic carbocycles. The van der Waals surface area contributed by atoms with Crippen LogP contribution in [0.25, 0.3) is 0 Å². The van der Waals surface area contributed by atoms with Crippen molar-refractivity contribution in [3.05, 3.63) is 25.3 Å². The second-order valence-corrected chi connectivity index (χ2v) is 2.62. The normalized spacial score (nSPS) is 13.2. The molecule has 1 radical (unpaired) electrons. The molecule has 0 aromatic rings. The van der Waals surface area contributed by atoms with Crippen LogP contribution in [0.15, 0.2) is 18.7 Å². The molecule has 0 saturated heterocycles. The van der Waals surface area contributed by atoms with E-state index < -0.39 is 0 Å². The van der Waals surface area contributed by atoms with Crippen molar-refractivity contribution >= 4 is 0 Å². The van der Waals surface area contributed by atoms with E-state index in [1.165, 1.54) is 0 Å². The summed E-state index contributed by atoms with van der Waals surface area (Å²) in [5, 5.41) is 0. The summed E-state index contributed by atoms with van der Waals surface area (Å²) in [4.78, 5) is 0. The smallest absolute Gasteiger partial charge is 0.0173 e. The Hall–Kier alpha value is -0.520. The van der Waals surface area contributed by atoms with Crippen molar-refractivity contribution in [1.29, 1.82) is 0 Å². The molecule has 1 unspecified atom stereocenters. The molecule has 0 aliphatic rings. The number of hydrogen-bond donors (Lipinski definition) is 0. The van der Waals surface area contributed by atoms with Gasteiger partial charge in [-0.2, -0.15) is 0 Å². The highest BCUT2D eigenvalue weighted by atomic mass is 14.1. The summed E-state index contributed by atoms with van der Waals surface area (Å²) in [6.07, 6.45) is 4.66. The zero-order valence-electron chi connectivity index (χ0n) is 6.30. The Morgan fingerprint density at radius 2 is 2.11 bits per heavy atom. The molecule has 0 rings (SSSR count). The van der Waals surface area contributed by atoms with Crippen LogP contribution in [-0.2, 0) is 0 Å². The lowest BCUT2D eigenvalue weighted by molar-refractivity contribution is 0.471. The summed E-state index contributed by atoms with van der Waals surface area (Å²) in [7, 11) is 0. The summed E-state index contributed by atoms with van der Waals surface area (Å²) in [6, 6.07) is 0. The first-order valence-electron chi connectivity index (χ1n) is 3.38. The molecule has 51 valence electrons. The fraction of sp³-hybridized carbons (Fsp3) is 0.556. The summed E-state index contributed by atoms with van der Waals surface area (Å²) in [5.41, 5.74) is 0. The van der Waals surface area contributed by atoms with Gasteiger partial charge in [0.2, 0.25) is 0 Å². The van der Waals surface area contributed by atoms with Crippen molar-refractivity contribution in [2.24, 2.45) is 11.8 Å². The molecule has 1 atom stereocenters. The largest absolute Gasteiger partial charge is 0.103 e. The highest BCUT2D eigenvalue weighted by Crippen LogP contribution is 2.15. The summed E-state index contributed by atoms with van der Waals surface area (Å²) in [6.45, 7) is 13.4. The van der Waals surface area contributed by atoms with Gasteiger partial charge in [0.1, 0.15) is 0 Å². The SMILES string of the molecule is [CH]=CC(CC=C)C(C)C. The summed E-state index contributed by atoms with van der Waals surface area (Å²) < 4.78 is 0. The van der Waals surface area contributed by atoms with Crippen molar-refractivity contribution in [1.82, 2.24) is 0 Å². The van der Waals surface area contributed by atoms with Gasteiger partial charge in [-0.05, 0) is 18.3 Å². The van der Waals surface area contributed by atoms with Crippen LogP contribution >= 0.6 is 0 Å². The lowest BCUT2D eigenvalue weighted by atomic mass is 9.93. The average molecular weight is 123 g/mol. The molecule has 0 aromatic heterocycles. The number of allylic oxidation sites excluding steroid dienone is 2. The Balaban J connectivity index is 3.66. The Kier molecular flexibility index (Phi) is 4.12. The monoisotopic (exact) mass is 123 g/mol. The highest BCUT2D eigenvalue weighted by Gasteiger charge is 2.05. The second kappa shape index (κ2) is 4.37. The molecule has 0 amide bonds. The van der Waals surface area contributed by atoms with Gasteiger partial charge in [-0.1, -0.05) is 32.6 Å². The van der Waals surface area contributed by atoms with Gasteiger partial charge >= 0.3 is 0 Å². The van der Waals surface area contributed by atoms with Crippen molar-refractivity contribution in [3.63, 3.8) is 0 Å². The Morgan fingerprint density at radius 3 is 2.22 bits per heavy atom. The minimum Gasteiger partial charge on any atom is -0.103 e. The van der Waals surface area contributed by atoms with Gasteiger partial charge in [-0.3, -0.25) is 0 Å². The molecule has 0 heteroatoms. The van der Waals surface area contributed by atoms with E-state index >= 15 is 0 Å². The third-order valence-electron chi connectivity index (χ3n) is 1.54. The van der Waals surface area contributed by atoms with E-state index in [9.17, 15) is 0 Å². The Labute approximate surface area is 58.3 Å². The van der Waals surface area contributed by atoms with E-state index in [0.29, 0.717) is 11.8 Å². The summed E-state index contributed by atoms with van der Waals surface area (Å²) in [5.74, 6) is 1.13. The first-order chi connectivity index (χ1) is 4.22. The first-order valence-corrected chi connectivity index (χ1v) is 3.38. The van der Waals surface area contributed by atoms with Crippen molar-refractivity contribution in [3.8, 4) is 0 Å². The molecule has 0 N–H and O–H groups in total. The Morgan fingerprint density at radius 1 is 1.56 bits per heavy atom. The van der Waals surface area contributed by atoms with Crippen LogP contribution in [0.3, 0.4) is 0 Å². The molecule has 0 heterocycles. The van der Waals surface area contributed by atoms with Crippen molar-refractivity contribution < 1.29 is 0 Å². The molecule has 0 aromatic carbocycles. The van der Waals surface area contributed by atoms with Crippen LogP contribution in [0.5, 0.6) is 0 Å². The van der Waals surface area contributed by atoms with E-state index in [0.717, 1.165) is 6.42 Å². The standard InChI is InChI=1S/C9H15/c1-5-7-9(6-2)8(3)4/h2,5-6,8-9H,1,7H2,3-4H3. The molecule has 0 aliphatic heterocycles. The quantitative estimate of drug-likeness (QED) is 0.504. The topological polar surface area (TPSA) is 0 Å². The molecule has 0 fully saturated rings. The van der Waals surface area contributed by atoms with E-state index in [1.807, 2.05) is 6.08 Å². The third-order valence-corrected chi connectivity index (χ3v) is 1.54. The fourth-order valence-corrected chi connectivity index (χ4v) is 0.765. The maximum absolute atomic E-state index is 5.39. The van der Waals surface area contributed by atoms with E-state index in [1.54, 1.807) is 6.08 Å². The third kappa shape index (κ3) is 3.12. The van der Waals surface area contributed by atoms with Gasteiger partial charge in [0.05, 0.1) is 0 Å². The molecular formula is C9H15. The van der Waals surface area contributed by atoms with Crippen molar-refractivity contribution in [2.75, 3.05) is 0 Å². The van der Waals surface area contributed by atoms with Gasteiger partial charge in [0.25, 0.3) is 0 Å². The average Bonchev–Trinajstić information content (AvgIpc) is 1.82. The number of hydrogen-bond acceptors (Lipinski definition) is 0. The van der Waals surface area contributed by atoms with E-state index in [4.69, 9.17) is 6.58 Å². The van der Waals surface area contributed by atoms with Gasteiger partial charge in [0, 0.05) is 0 Å². The predicted octanol–water partition coefficient (Wildman–Crippen LogP) is 2.82. The summed E-state index contributed by atoms with van der Waals surface area (Å²) >= 11 is 0. The van der Waals surface area contributed by atoms with Crippen LogP contribution in [0.4, 0.5) is 0 Å². The lowest BCUT2D eigenvalue weighted by Gasteiger charge is -2.12. The van der Waals surface area contributed by atoms with Crippen LogP contribution in [0.1, 0.15) is 20.3 Å². The second-order valence-electron chi connectivity index (χ2n) is 2.62. The maximum Gasteiger partial charge on any atom is -0.0173 e. The highest BCUT2D eigenvalue weighted by molar-refractivity contribution is 4.85. The molecule has 0 spiro atoms. The minimum atomic E-state index is 0.502. The van der Waals surface area contributed by atoms with E-state index in [-0.39, 0.29) is 0 Å². The molecule has 0 saturated carbocycles. The van der Waals surface area contributed by atoms with Gasteiger partial charge in [-0.25, -0.2) is 0 Å². The molecule has 0 bridgehead atoms. The van der Waals surface area contributed by atoms with Gasteiger partial charge in [-0.15, -0.1) is 6.58 Å². The van der Waals surface area contributed by atoms with Crippen LogP contribution in [-0.4, -0.2) is 0 Å². The van der Waals surface area contributed by atoms with Crippen LogP contribution < -0.4 is 0 Å². The van der Waals surface area contributed by atoms with Gasteiger partial charge < -0.3 is 0 Å².